The topological polar surface area (TPSA) is 63.2 Å². The van der Waals surface area contributed by atoms with Crippen molar-refractivity contribution in [3.8, 4) is 0 Å². The maximum absolute atomic E-state index is 14.3. The van der Waals surface area contributed by atoms with Gasteiger partial charge in [-0.1, -0.05) is 29.8 Å². The van der Waals surface area contributed by atoms with E-state index in [1.165, 1.54) is 47.0 Å². The van der Waals surface area contributed by atoms with Crippen molar-refractivity contribution in [2.24, 2.45) is 0 Å². The van der Waals surface area contributed by atoms with Gasteiger partial charge in [-0.05, 0) is 35.9 Å². The Kier molecular flexibility index (Phi) is 4.53. The first-order chi connectivity index (χ1) is 12.9. The number of halogens is 2. The Balaban J connectivity index is 1.85. The zero-order valence-corrected chi connectivity index (χ0v) is 16.2. The quantitative estimate of drug-likeness (QED) is 0.657. The van der Waals surface area contributed by atoms with Crippen molar-refractivity contribution >= 4 is 44.4 Å². The molecule has 0 aliphatic carbocycles. The molecule has 1 aliphatic heterocycles. The van der Waals surface area contributed by atoms with Crippen LogP contribution >= 0.6 is 22.9 Å². The van der Waals surface area contributed by atoms with E-state index in [1.807, 2.05) is 0 Å². The summed E-state index contributed by atoms with van der Waals surface area (Å²) in [5.41, 5.74) is 0.616. The molecule has 3 aromatic rings. The number of sulfone groups is 1. The molecule has 0 spiro atoms. The second kappa shape index (κ2) is 6.74. The van der Waals surface area contributed by atoms with Crippen LogP contribution < -0.4 is 5.32 Å². The summed E-state index contributed by atoms with van der Waals surface area (Å²) in [6.07, 6.45) is 0.0644. The minimum absolute atomic E-state index is 0.0132. The number of fused-ring (bicyclic) bond motifs is 1. The number of hydrogen-bond donors (Lipinski definition) is 1. The van der Waals surface area contributed by atoms with Crippen LogP contribution in [0, 0.1) is 5.82 Å². The smallest absolute Gasteiger partial charge is 0.225 e. The summed E-state index contributed by atoms with van der Waals surface area (Å²) in [5.74, 6) is -1.28. The summed E-state index contributed by atoms with van der Waals surface area (Å²) in [5, 5.41) is 4.58. The van der Waals surface area contributed by atoms with E-state index in [0.717, 1.165) is 0 Å². The van der Waals surface area contributed by atoms with Crippen LogP contribution in [0.3, 0.4) is 0 Å². The van der Waals surface area contributed by atoms with Crippen LogP contribution in [-0.2, 0) is 14.6 Å². The second-order valence-corrected chi connectivity index (χ2v) is 9.39. The molecule has 27 heavy (non-hydrogen) atoms. The van der Waals surface area contributed by atoms with Crippen molar-refractivity contribution in [2.45, 2.75) is 22.1 Å². The molecular formula is C19H13ClFNO3S2. The fourth-order valence-electron chi connectivity index (χ4n) is 3.15. The first kappa shape index (κ1) is 18.2. The van der Waals surface area contributed by atoms with Gasteiger partial charge in [-0.15, -0.1) is 11.3 Å². The summed E-state index contributed by atoms with van der Waals surface area (Å²) < 4.78 is 40.3. The van der Waals surface area contributed by atoms with E-state index < -0.39 is 21.6 Å². The lowest BCUT2D eigenvalue weighted by Crippen LogP contribution is -2.24. The molecule has 0 radical (unpaired) electrons. The third-order valence-electron chi connectivity index (χ3n) is 4.45. The van der Waals surface area contributed by atoms with Crippen LogP contribution in [0.1, 0.15) is 22.8 Å². The van der Waals surface area contributed by atoms with E-state index in [4.69, 9.17) is 11.6 Å². The fourth-order valence-corrected chi connectivity index (χ4v) is 6.18. The average molecular weight is 422 g/mol. The molecule has 0 saturated heterocycles. The Hall–Kier alpha value is -2.22. The van der Waals surface area contributed by atoms with Gasteiger partial charge >= 0.3 is 0 Å². The number of carbonyl (C=O) groups excluding carboxylic acids is 1. The van der Waals surface area contributed by atoms with Gasteiger partial charge in [0, 0.05) is 27.6 Å². The molecule has 1 aromatic heterocycles. The summed E-state index contributed by atoms with van der Waals surface area (Å²) in [6.45, 7) is 0. The third-order valence-corrected chi connectivity index (χ3v) is 7.74. The molecule has 8 heteroatoms. The van der Waals surface area contributed by atoms with E-state index in [9.17, 15) is 17.6 Å². The van der Waals surface area contributed by atoms with Crippen molar-refractivity contribution in [1.29, 1.82) is 0 Å². The SMILES string of the molecule is O=C1C[C@H](c2ccccc2F)c2scc(S(=O)(=O)c3ccc(Cl)cc3)c2N1. The molecular weight excluding hydrogens is 409 g/mol. The number of thiophene rings is 1. The normalized spacial score (nSPS) is 16.7. The van der Waals surface area contributed by atoms with Gasteiger partial charge in [0.2, 0.25) is 15.7 Å². The fraction of sp³-hybridized carbons (Fsp3) is 0.105. The maximum atomic E-state index is 14.3. The molecule has 0 saturated carbocycles. The number of hydrogen-bond acceptors (Lipinski definition) is 4. The van der Waals surface area contributed by atoms with Gasteiger partial charge in [-0.3, -0.25) is 4.79 Å². The number of amides is 1. The van der Waals surface area contributed by atoms with Gasteiger partial charge in [-0.25, -0.2) is 12.8 Å². The summed E-state index contributed by atoms with van der Waals surface area (Å²) in [4.78, 5) is 13.0. The molecule has 1 N–H and O–H groups in total. The lowest BCUT2D eigenvalue weighted by Gasteiger charge is -2.24. The van der Waals surface area contributed by atoms with Gasteiger partial charge in [0.05, 0.1) is 10.6 Å². The Bertz CT molecular complexity index is 1140. The number of benzene rings is 2. The lowest BCUT2D eigenvalue weighted by molar-refractivity contribution is -0.116. The minimum Gasteiger partial charge on any atom is -0.324 e. The molecule has 2 aromatic carbocycles. The largest absolute Gasteiger partial charge is 0.324 e. The predicted octanol–water partition coefficient (Wildman–Crippen LogP) is 4.85. The van der Waals surface area contributed by atoms with Crippen molar-refractivity contribution in [3.63, 3.8) is 0 Å². The highest BCUT2D eigenvalue weighted by molar-refractivity contribution is 7.91. The van der Waals surface area contributed by atoms with Crippen LogP contribution in [0.5, 0.6) is 0 Å². The zero-order chi connectivity index (χ0) is 19.2. The number of nitrogens with one attached hydrogen (secondary N) is 1. The predicted molar refractivity (Wildman–Crippen MR) is 103 cm³/mol. The summed E-state index contributed by atoms with van der Waals surface area (Å²) in [7, 11) is -3.85. The second-order valence-electron chi connectivity index (χ2n) is 6.12. The van der Waals surface area contributed by atoms with Crippen LogP contribution in [0.4, 0.5) is 10.1 Å². The standard InChI is InChI=1S/C19H13ClFNO3S2/c20-11-5-7-12(8-6-11)27(24,25)16-10-26-19-14(9-17(23)22-18(16)19)13-3-1-2-4-15(13)21/h1-8,10,14H,9H2,(H,22,23)/t14-/m1/s1. The highest BCUT2D eigenvalue weighted by Gasteiger charge is 2.35. The first-order valence-corrected chi connectivity index (χ1v) is 10.8. The van der Waals surface area contributed by atoms with Crippen molar-refractivity contribution in [1.82, 2.24) is 0 Å². The molecule has 0 unspecified atom stereocenters. The Labute approximate surface area is 164 Å². The van der Waals surface area contributed by atoms with E-state index in [0.29, 0.717) is 15.5 Å². The Morgan fingerprint density at radius 3 is 2.52 bits per heavy atom. The molecule has 0 fully saturated rings. The highest BCUT2D eigenvalue weighted by Crippen LogP contribution is 2.46. The molecule has 1 amide bonds. The van der Waals surface area contributed by atoms with E-state index in [-0.39, 0.29) is 27.8 Å². The highest BCUT2D eigenvalue weighted by atomic mass is 35.5. The number of carbonyl (C=O) groups is 1. The number of anilines is 1. The third kappa shape index (κ3) is 3.16. The molecule has 138 valence electrons. The van der Waals surface area contributed by atoms with Crippen LogP contribution in [-0.4, -0.2) is 14.3 Å². The van der Waals surface area contributed by atoms with Crippen LogP contribution in [0.25, 0.3) is 0 Å². The Morgan fingerprint density at radius 1 is 1.11 bits per heavy atom. The van der Waals surface area contributed by atoms with Crippen LogP contribution in [0.2, 0.25) is 5.02 Å². The van der Waals surface area contributed by atoms with Crippen molar-refractivity contribution in [2.75, 3.05) is 5.32 Å². The van der Waals surface area contributed by atoms with E-state index >= 15 is 0 Å². The lowest BCUT2D eigenvalue weighted by atomic mass is 9.90. The molecule has 1 aliphatic rings. The minimum atomic E-state index is -3.85. The zero-order valence-electron chi connectivity index (χ0n) is 13.8. The van der Waals surface area contributed by atoms with Gasteiger partial charge < -0.3 is 5.32 Å². The average Bonchev–Trinajstić information content (AvgIpc) is 3.06. The van der Waals surface area contributed by atoms with Crippen molar-refractivity contribution in [3.05, 3.63) is 75.2 Å². The first-order valence-electron chi connectivity index (χ1n) is 8.04. The molecule has 1 atom stereocenters. The molecule has 0 bridgehead atoms. The van der Waals surface area contributed by atoms with Crippen molar-refractivity contribution < 1.29 is 17.6 Å². The summed E-state index contributed by atoms with van der Waals surface area (Å²) >= 11 is 7.04. The van der Waals surface area contributed by atoms with Gasteiger partial charge in [0.15, 0.2) is 0 Å². The Morgan fingerprint density at radius 2 is 1.81 bits per heavy atom. The van der Waals surface area contributed by atoms with E-state index in [1.54, 1.807) is 18.2 Å². The molecule has 2 heterocycles. The van der Waals surface area contributed by atoms with E-state index in [2.05, 4.69) is 5.32 Å². The molecule has 4 nitrogen and oxygen atoms in total. The maximum Gasteiger partial charge on any atom is 0.225 e. The van der Waals surface area contributed by atoms with Crippen LogP contribution in [0.15, 0.2) is 63.7 Å². The monoisotopic (exact) mass is 421 g/mol. The number of rotatable bonds is 3. The van der Waals surface area contributed by atoms with Gasteiger partial charge in [-0.2, -0.15) is 0 Å². The summed E-state index contributed by atoms with van der Waals surface area (Å²) in [6, 6.07) is 12.1. The molecule has 4 rings (SSSR count). The van der Waals surface area contributed by atoms with Gasteiger partial charge in [0.1, 0.15) is 10.7 Å². The van der Waals surface area contributed by atoms with Gasteiger partial charge in [0.25, 0.3) is 0 Å².